The number of hydrogen-bond donors (Lipinski definition) is 0. The third-order valence-corrected chi connectivity index (χ3v) is 4.35. The minimum Gasteiger partial charge on any atom is -0.497 e. The molecule has 0 fully saturated rings. The van der Waals surface area contributed by atoms with Crippen molar-refractivity contribution in [3.63, 3.8) is 0 Å². The van der Waals surface area contributed by atoms with Gasteiger partial charge in [-0.05, 0) is 35.7 Å². The average molecular weight is 360 g/mol. The molecule has 0 aliphatic heterocycles. The molecule has 0 bridgehead atoms. The third kappa shape index (κ3) is 3.65. The minimum absolute atomic E-state index is 0.139. The minimum atomic E-state index is -0.139. The summed E-state index contributed by atoms with van der Waals surface area (Å²) in [5, 5.41) is 0.609. The summed E-state index contributed by atoms with van der Waals surface area (Å²) in [5.41, 5.74) is 2.08. The Morgan fingerprint density at radius 2 is 1.95 bits per heavy atom. The Morgan fingerprint density at radius 3 is 2.58 bits per heavy atom. The van der Waals surface area contributed by atoms with Gasteiger partial charge >= 0.3 is 0 Å². The van der Waals surface area contributed by atoms with Crippen LogP contribution in [0.25, 0.3) is 0 Å². The molecule has 2 rings (SSSR count). The van der Waals surface area contributed by atoms with Crippen molar-refractivity contribution in [1.82, 2.24) is 0 Å². The van der Waals surface area contributed by atoms with Gasteiger partial charge < -0.3 is 4.74 Å². The summed E-state index contributed by atoms with van der Waals surface area (Å²) in [4.78, 5) is 0. The highest BCUT2D eigenvalue weighted by Gasteiger charge is 2.14. The number of hydrogen-bond acceptors (Lipinski definition) is 1. The van der Waals surface area contributed by atoms with Gasteiger partial charge in [-0.25, -0.2) is 0 Å². The normalized spacial score (nSPS) is 12.2. The first-order valence-corrected chi connectivity index (χ1v) is 7.43. The molecule has 1 nitrogen and oxygen atoms in total. The summed E-state index contributed by atoms with van der Waals surface area (Å²) in [6.07, 6.45) is 0.687. The lowest BCUT2D eigenvalue weighted by molar-refractivity contribution is 0.414. The summed E-state index contributed by atoms with van der Waals surface area (Å²) >= 11 is 16.2. The number of halogens is 3. The van der Waals surface area contributed by atoms with Gasteiger partial charge in [0.05, 0.1) is 12.5 Å². The first-order valence-electron chi connectivity index (χ1n) is 5.82. The largest absolute Gasteiger partial charge is 0.497 e. The Hall–Kier alpha value is -0.700. The zero-order valence-corrected chi connectivity index (χ0v) is 13.5. The Kier molecular flexibility index (Phi) is 5.14. The van der Waals surface area contributed by atoms with Crippen LogP contribution in [-0.4, -0.2) is 7.11 Å². The van der Waals surface area contributed by atoms with Crippen LogP contribution in [0.15, 0.2) is 46.9 Å². The highest BCUT2D eigenvalue weighted by molar-refractivity contribution is 9.10. The molecule has 19 heavy (non-hydrogen) atoms. The second-order valence-corrected chi connectivity index (χ2v) is 5.94. The Labute approximate surface area is 131 Å². The molecule has 0 saturated heterocycles. The molecule has 4 heteroatoms. The second kappa shape index (κ2) is 6.65. The number of alkyl halides is 1. The lowest BCUT2D eigenvalue weighted by Gasteiger charge is -2.14. The van der Waals surface area contributed by atoms with Crippen LogP contribution in [0.4, 0.5) is 0 Å². The fraction of sp³-hybridized carbons (Fsp3) is 0.200. The molecule has 100 valence electrons. The van der Waals surface area contributed by atoms with E-state index in [1.54, 1.807) is 7.11 Å². The lowest BCUT2D eigenvalue weighted by atomic mass is 10.0. The van der Waals surface area contributed by atoms with Gasteiger partial charge in [0.15, 0.2) is 0 Å². The highest BCUT2D eigenvalue weighted by atomic mass is 79.9. The van der Waals surface area contributed by atoms with Crippen molar-refractivity contribution in [3.05, 3.63) is 63.1 Å². The number of methoxy groups -OCH3 is 1. The van der Waals surface area contributed by atoms with Crippen molar-refractivity contribution < 1.29 is 4.74 Å². The molecule has 0 heterocycles. The van der Waals surface area contributed by atoms with Gasteiger partial charge in [0.2, 0.25) is 0 Å². The highest BCUT2D eigenvalue weighted by Crippen LogP contribution is 2.34. The van der Waals surface area contributed by atoms with E-state index in [2.05, 4.69) is 15.9 Å². The van der Waals surface area contributed by atoms with Crippen molar-refractivity contribution in [2.24, 2.45) is 0 Å². The predicted molar refractivity (Wildman–Crippen MR) is 84.4 cm³/mol. The second-order valence-electron chi connectivity index (χ2n) is 4.15. The molecule has 1 unspecified atom stereocenters. The van der Waals surface area contributed by atoms with Crippen LogP contribution in [0.5, 0.6) is 5.75 Å². The molecule has 0 aromatic heterocycles. The smallest absolute Gasteiger partial charge is 0.120 e. The average Bonchev–Trinajstić information content (AvgIpc) is 2.41. The maximum absolute atomic E-state index is 6.48. The number of benzene rings is 2. The van der Waals surface area contributed by atoms with E-state index < -0.39 is 0 Å². The van der Waals surface area contributed by atoms with Crippen LogP contribution >= 0.6 is 39.1 Å². The van der Waals surface area contributed by atoms with E-state index in [9.17, 15) is 0 Å². The molecule has 0 N–H and O–H groups in total. The van der Waals surface area contributed by atoms with Crippen molar-refractivity contribution in [3.8, 4) is 5.75 Å². The van der Waals surface area contributed by atoms with E-state index in [0.29, 0.717) is 6.42 Å². The molecule has 2 aromatic rings. The van der Waals surface area contributed by atoms with Gasteiger partial charge in [-0.15, -0.1) is 11.6 Å². The monoisotopic (exact) mass is 358 g/mol. The quantitative estimate of drug-likeness (QED) is 0.642. The standard InChI is InChI=1S/C15H13BrCl2O/c1-19-11-6-7-12(13(16)9-11)15(18)8-10-4-2-3-5-14(10)17/h2-7,9,15H,8H2,1H3. The molecular formula is C15H13BrCl2O. The summed E-state index contributed by atoms with van der Waals surface area (Å²) in [6.45, 7) is 0. The maximum Gasteiger partial charge on any atom is 0.120 e. The molecule has 0 saturated carbocycles. The van der Waals surface area contributed by atoms with E-state index in [0.717, 1.165) is 26.4 Å². The van der Waals surface area contributed by atoms with Crippen LogP contribution in [0.3, 0.4) is 0 Å². The van der Waals surface area contributed by atoms with E-state index in [4.69, 9.17) is 27.9 Å². The Balaban J connectivity index is 2.21. The van der Waals surface area contributed by atoms with Crippen LogP contribution in [-0.2, 0) is 6.42 Å². The van der Waals surface area contributed by atoms with Gasteiger partial charge in [0.25, 0.3) is 0 Å². The van der Waals surface area contributed by atoms with Crippen LogP contribution in [0, 0.1) is 0 Å². The van der Waals surface area contributed by atoms with Crippen molar-refractivity contribution in [2.75, 3.05) is 7.11 Å². The van der Waals surface area contributed by atoms with E-state index >= 15 is 0 Å². The predicted octanol–water partition coefficient (Wildman–Crippen LogP) is 5.63. The van der Waals surface area contributed by atoms with Gasteiger partial charge in [0.1, 0.15) is 5.75 Å². The summed E-state index contributed by atoms with van der Waals surface area (Å²) in [7, 11) is 1.64. The number of rotatable bonds is 4. The van der Waals surface area contributed by atoms with Gasteiger partial charge in [-0.2, -0.15) is 0 Å². The first-order chi connectivity index (χ1) is 9.11. The zero-order valence-electron chi connectivity index (χ0n) is 10.4. The molecule has 0 aliphatic carbocycles. The lowest BCUT2D eigenvalue weighted by Crippen LogP contribution is -1.98. The summed E-state index contributed by atoms with van der Waals surface area (Å²) < 4.78 is 6.12. The Bertz CT molecular complexity index is 572. The third-order valence-electron chi connectivity index (χ3n) is 2.90. The number of ether oxygens (including phenoxy) is 1. The fourth-order valence-electron chi connectivity index (χ4n) is 1.86. The van der Waals surface area contributed by atoms with Crippen LogP contribution < -0.4 is 4.74 Å². The van der Waals surface area contributed by atoms with Gasteiger partial charge in [-0.3, -0.25) is 0 Å². The molecular weight excluding hydrogens is 347 g/mol. The van der Waals surface area contributed by atoms with Gasteiger partial charge in [-0.1, -0.05) is 51.8 Å². The molecule has 0 aliphatic rings. The first kappa shape index (κ1) is 14.7. The maximum atomic E-state index is 6.48. The summed E-state index contributed by atoms with van der Waals surface area (Å²) in [5.74, 6) is 0.803. The van der Waals surface area contributed by atoms with E-state index in [1.165, 1.54) is 0 Å². The molecule has 1 atom stereocenters. The van der Waals surface area contributed by atoms with Gasteiger partial charge in [0, 0.05) is 9.50 Å². The van der Waals surface area contributed by atoms with Crippen LogP contribution in [0.1, 0.15) is 16.5 Å². The fourth-order valence-corrected chi connectivity index (χ4v) is 3.19. The summed E-state index contributed by atoms with van der Waals surface area (Å²) in [6, 6.07) is 13.5. The Morgan fingerprint density at radius 1 is 1.21 bits per heavy atom. The molecule has 0 spiro atoms. The molecule has 0 radical (unpaired) electrons. The molecule has 0 amide bonds. The van der Waals surface area contributed by atoms with Crippen molar-refractivity contribution in [1.29, 1.82) is 0 Å². The van der Waals surface area contributed by atoms with Crippen LogP contribution in [0.2, 0.25) is 5.02 Å². The zero-order chi connectivity index (χ0) is 13.8. The SMILES string of the molecule is COc1ccc(C(Cl)Cc2ccccc2Cl)c(Br)c1. The molecule has 2 aromatic carbocycles. The van der Waals surface area contributed by atoms with E-state index in [1.807, 2.05) is 42.5 Å². The van der Waals surface area contributed by atoms with Crippen molar-refractivity contribution >= 4 is 39.1 Å². The topological polar surface area (TPSA) is 9.23 Å². The van der Waals surface area contributed by atoms with Crippen molar-refractivity contribution in [2.45, 2.75) is 11.8 Å². The van der Waals surface area contributed by atoms with E-state index in [-0.39, 0.29) is 5.38 Å².